The number of rotatable bonds is 4. The summed E-state index contributed by atoms with van der Waals surface area (Å²) in [6.07, 6.45) is -0.787. The fourth-order valence-electron chi connectivity index (χ4n) is 3.91. The molecule has 1 atom stereocenters. The van der Waals surface area contributed by atoms with Crippen LogP contribution in [-0.2, 0) is 19.9 Å². The van der Waals surface area contributed by atoms with E-state index in [-0.39, 0.29) is 19.0 Å². The third-order valence-electron chi connectivity index (χ3n) is 5.56. The first-order valence-corrected chi connectivity index (χ1v) is 10.5. The molecule has 2 aromatic carbocycles. The molecule has 0 bridgehead atoms. The highest BCUT2D eigenvalue weighted by atomic mass is 35.5. The Morgan fingerprint density at radius 1 is 1.21 bits per heavy atom. The number of nitrogens with one attached hydrogen (secondary N) is 3. The van der Waals surface area contributed by atoms with Crippen LogP contribution in [0.25, 0.3) is 0 Å². The largest absolute Gasteiger partial charge is 0.453 e. The number of fused-ring (bicyclic) bond motifs is 2. The third kappa shape index (κ3) is 4.70. The fourth-order valence-corrected chi connectivity index (χ4v) is 4.08. The number of amides is 4. The molecule has 4 amide bonds. The number of ether oxygens (including phenoxy) is 2. The zero-order chi connectivity index (χ0) is 23.6. The standard InChI is InChI=1S/C22H21ClN4O6/c1-32-20(30)25-15-5-2-13(3-6-15)19(29)24-11-18(28)27-9-8-22(12-27)16-10-14(23)4-7-17(16)26-21(31)33-22/h2-7,10H,8-9,11-12H2,1H3,(H,24,29)(H,25,30)(H,26,31). The van der Waals surface area contributed by atoms with Gasteiger partial charge in [-0.15, -0.1) is 0 Å². The number of benzene rings is 2. The van der Waals surface area contributed by atoms with Crippen LogP contribution in [0.2, 0.25) is 5.02 Å². The van der Waals surface area contributed by atoms with Crippen LogP contribution < -0.4 is 16.0 Å². The summed E-state index contributed by atoms with van der Waals surface area (Å²) in [5.74, 6) is -0.741. The summed E-state index contributed by atoms with van der Waals surface area (Å²) in [4.78, 5) is 50.0. The molecule has 0 saturated carbocycles. The van der Waals surface area contributed by atoms with Gasteiger partial charge in [-0.3, -0.25) is 20.2 Å². The average Bonchev–Trinajstić information content (AvgIpc) is 3.22. The maximum Gasteiger partial charge on any atom is 0.412 e. The van der Waals surface area contributed by atoms with E-state index in [1.807, 2.05) is 0 Å². The number of halogens is 1. The molecule has 0 aliphatic carbocycles. The molecule has 33 heavy (non-hydrogen) atoms. The normalized spacial score (nSPS) is 18.7. The van der Waals surface area contributed by atoms with Gasteiger partial charge in [-0.1, -0.05) is 11.6 Å². The lowest BCUT2D eigenvalue weighted by molar-refractivity contribution is -0.130. The summed E-state index contributed by atoms with van der Waals surface area (Å²) >= 11 is 6.14. The van der Waals surface area contributed by atoms with E-state index >= 15 is 0 Å². The second-order valence-electron chi connectivity index (χ2n) is 7.64. The average molecular weight is 473 g/mol. The number of carbonyl (C=O) groups excluding carboxylic acids is 4. The third-order valence-corrected chi connectivity index (χ3v) is 5.80. The van der Waals surface area contributed by atoms with Crippen molar-refractivity contribution in [3.8, 4) is 0 Å². The van der Waals surface area contributed by atoms with Crippen molar-refractivity contribution >= 4 is 47.0 Å². The first kappa shape index (κ1) is 22.4. The lowest BCUT2D eigenvalue weighted by atomic mass is 9.90. The van der Waals surface area contributed by atoms with E-state index in [9.17, 15) is 19.2 Å². The number of hydrogen-bond acceptors (Lipinski definition) is 6. The van der Waals surface area contributed by atoms with Crippen LogP contribution in [0.4, 0.5) is 21.0 Å². The van der Waals surface area contributed by atoms with E-state index in [2.05, 4.69) is 20.7 Å². The van der Waals surface area contributed by atoms with Crippen LogP contribution in [0.3, 0.4) is 0 Å². The van der Waals surface area contributed by atoms with Crippen LogP contribution in [0.1, 0.15) is 22.3 Å². The van der Waals surface area contributed by atoms with Crippen LogP contribution in [0.5, 0.6) is 0 Å². The maximum atomic E-state index is 12.7. The highest BCUT2D eigenvalue weighted by molar-refractivity contribution is 6.30. The first-order valence-electron chi connectivity index (χ1n) is 10.1. The Labute approximate surface area is 194 Å². The van der Waals surface area contributed by atoms with E-state index in [0.717, 1.165) is 5.56 Å². The van der Waals surface area contributed by atoms with E-state index < -0.39 is 23.7 Å². The molecule has 2 aromatic rings. The summed E-state index contributed by atoms with van der Waals surface area (Å²) in [5, 5.41) is 8.22. The Morgan fingerprint density at radius 2 is 1.97 bits per heavy atom. The molecule has 2 aliphatic heterocycles. The summed E-state index contributed by atoms with van der Waals surface area (Å²) in [5.41, 5.74) is 1.13. The summed E-state index contributed by atoms with van der Waals surface area (Å²) in [6.45, 7) is 0.309. The minimum Gasteiger partial charge on any atom is -0.453 e. The molecule has 2 aliphatic rings. The van der Waals surface area contributed by atoms with Gasteiger partial charge < -0.3 is 19.7 Å². The highest BCUT2D eigenvalue weighted by Crippen LogP contribution is 2.43. The van der Waals surface area contributed by atoms with Gasteiger partial charge in [0.25, 0.3) is 5.91 Å². The minimum atomic E-state index is -0.981. The van der Waals surface area contributed by atoms with Gasteiger partial charge in [0.15, 0.2) is 5.60 Å². The Hall–Kier alpha value is -3.79. The van der Waals surface area contributed by atoms with Gasteiger partial charge in [-0.25, -0.2) is 9.59 Å². The SMILES string of the molecule is COC(=O)Nc1ccc(C(=O)NCC(=O)N2CCC3(C2)OC(=O)Nc2ccc(Cl)cc23)cc1. The summed E-state index contributed by atoms with van der Waals surface area (Å²) in [6, 6.07) is 11.2. The summed E-state index contributed by atoms with van der Waals surface area (Å²) in [7, 11) is 1.25. The van der Waals surface area contributed by atoms with Crippen molar-refractivity contribution in [2.45, 2.75) is 12.0 Å². The van der Waals surface area contributed by atoms with Crippen LogP contribution in [0, 0.1) is 0 Å². The van der Waals surface area contributed by atoms with Crippen molar-refractivity contribution in [2.75, 3.05) is 37.4 Å². The Bertz CT molecular complexity index is 1120. The molecule has 4 rings (SSSR count). The van der Waals surface area contributed by atoms with Gasteiger partial charge in [0.1, 0.15) is 0 Å². The van der Waals surface area contributed by atoms with E-state index in [1.54, 1.807) is 35.2 Å². The quantitative estimate of drug-likeness (QED) is 0.628. The lowest BCUT2D eigenvalue weighted by Crippen LogP contribution is -2.44. The molecule has 1 unspecified atom stereocenters. The van der Waals surface area contributed by atoms with E-state index in [4.69, 9.17) is 16.3 Å². The van der Waals surface area contributed by atoms with E-state index in [1.165, 1.54) is 19.2 Å². The molecule has 11 heteroatoms. The van der Waals surface area contributed by atoms with Crippen molar-refractivity contribution in [1.29, 1.82) is 0 Å². The van der Waals surface area contributed by atoms with Gasteiger partial charge in [0.2, 0.25) is 5.91 Å². The van der Waals surface area contributed by atoms with Gasteiger partial charge in [0, 0.05) is 34.8 Å². The van der Waals surface area contributed by atoms with Crippen LogP contribution >= 0.6 is 11.6 Å². The monoisotopic (exact) mass is 472 g/mol. The first-order chi connectivity index (χ1) is 15.8. The maximum absolute atomic E-state index is 12.7. The predicted molar refractivity (Wildman–Crippen MR) is 119 cm³/mol. The molecule has 2 heterocycles. The molecule has 1 spiro atoms. The van der Waals surface area contributed by atoms with Crippen LogP contribution in [-0.4, -0.2) is 55.6 Å². The Morgan fingerprint density at radius 3 is 2.70 bits per heavy atom. The molecule has 172 valence electrons. The summed E-state index contributed by atoms with van der Waals surface area (Å²) < 4.78 is 10.1. The smallest absolute Gasteiger partial charge is 0.412 e. The molecule has 3 N–H and O–H groups in total. The molecule has 1 saturated heterocycles. The van der Waals surface area contributed by atoms with Crippen molar-refractivity contribution in [1.82, 2.24) is 10.2 Å². The predicted octanol–water partition coefficient (Wildman–Crippen LogP) is 2.94. The Kier molecular flexibility index (Phi) is 6.10. The lowest BCUT2D eigenvalue weighted by Gasteiger charge is -2.35. The Balaban J connectivity index is 1.37. The number of hydrogen-bond donors (Lipinski definition) is 3. The number of likely N-dealkylation sites (tertiary alicyclic amines) is 1. The number of nitrogens with zero attached hydrogens (tertiary/aromatic N) is 1. The zero-order valence-electron chi connectivity index (χ0n) is 17.6. The molecule has 10 nitrogen and oxygen atoms in total. The van der Waals surface area contributed by atoms with Gasteiger partial charge >= 0.3 is 12.2 Å². The van der Waals surface area contributed by atoms with Gasteiger partial charge in [0.05, 0.1) is 25.9 Å². The highest BCUT2D eigenvalue weighted by Gasteiger charge is 2.48. The molecular formula is C22H21ClN4O6. The van der Waals surface area contributed by atoms with Crippen molar-refractivity contribution in [3.63, 3.8) is 0 Å². The fraction of sp³-hybridized carbons (Fsp3) is 0.273. The van der Waals surface area contributed by atoms with E-state index in [0.29, 0.717) is 34.9 Å². The molecule has 1 fully saturated rings. The second-order valence-corrected chi connectivity index (χ2v) is 8.08. The molecule has 0 aromatic heterocycles. The van der Waals surface area contributed by atoms with Gasteiger partial charge in [-0.2, -0.15) is 0 Å². The molecule has 0 radical (unpaired) electrons. The molecular weight excluding hydrogens is 452 g/mol. The minimum absolute atomic E-state index is 0.163. The second kappa shape index (κ2) is 8.99. The van der Waals surface area contributed by atoms with Crippen molar-refractivity contribution in [3.05, 3.63) is 58.6 Å². The number of anilines is 2. The van der Waals surface area contributed by atoms with Crippen LogP contribution in [0.15, 0.2) is 42.5 Å². The zero-order valence-corrected chi connectivity index (χ0v) is 18.4. The van der Waals surface area contributed by atoms with Crippen molar-refractivity contribution in [2.24, 2.45) is 0 Å². The number of carbonyl (C=O) groups is 4. The van der Waals surface area contributed by atoms with Gasteiger partial charge in [-0.05, 0) is 42.5 Å². The van der Waals surface area contributed by atoms with Crippen molar-refractivity contribution < 1.29 is 28.7 Å². The topological polar surface area (TPSA) is 126 Å². The number of methoxy groups -OCH3 is 1.